The van der Waals surface area contributed by atoms with Gasteiger partial charge in [0.05, 0.1) is 7.11 Å². The molecule has 1 amide bonds. The van der Waals surface area contributed by atoms with Crippen molar-refractivity contribution in [3.63, 3.8) is 0 Å². The van der Waals surface area contributed by atoms with Crippen LogP contribution in [0.2, 0.25) is 0 Å². The highest BCUT2D eigenvalue weighted by molar-refractivity contribution is 7.09. The van der Waals surface area contributed by atoms with Crippen LogP contribution in [0.1, 0.15) is 50.9 Å². The summed E-state index contributed by atoms with van der Waals surface area (Å²) < 4.78 is 9.86. The van der Waals surface area contributed by atoms with E-state index in [-0.39, 0.29) is 5.91 Å². The molecule has 28 heavy (non-hydrogen) atoms. The van der Waals surface area contributed by atoms with Crippen LogP contribution in [0, 0.1) is 0 Å². The zero-order chi connectivity index (χ0) is 19.9. The Morgan fingerprint density at radius 1 is 1.36 bits per heavy atom. The van der Waals surface area contributed by atoms with E-state index in [2.05, 4.69) is 29.2 Å². The lowest BCUT2D eigenvalue weighted by Gasteiger charge is -2.28. The third-order valence-corrected chi connectivity index (χ3v) is 6.14. The van der Waals surface area contributed by atoms with Crippen molar-refractivity contribution >= 4 is 22.6 Å². The molecular weight excluding hydrogens is 372 g/mol. The Bertz CT molecular complexity index is 773. The zero-order valence-corrected chi connectivity index (χ0v) is 17.9. The van der Waals surface area contributed by atoms with Gasteiger partial charge in [-0.2, -0.15) is 4.37 Å². The Morgan fingerprint density at radius 2 is 2.14 bits per heavy atom. The highest BCUT2D eigenvalue weighted by Crippen LogP contribution is 2.24. The van der Waals surface area contributed by atoms with Crippen LogP contribution in [0.4, 0.5) is 5.13 Å². The van der Waals surface area contributed by atoms with E-state index in [0.29, 0.717) is 25.4 Å². The van der Waals surface area contributed by atoms with Crippen LogP contribution >= 0.6 is 11.5 Å². The van der Waals surface area contributed by atoms with Gasteiger partial charge < -0.3 is 14.5 Å². The number of likely N-dealkylation sites (tertiary alicyclic amines) is 1. The maximum absolute atomic E-state index is 12.5. The molecule has 0 bridgehead atoms. The topological polar surface area (TPSA) is 58.6 Å². The summed E-state index contributed by atoms with van der Waals surface area (Å²) in [5.41, 5.74) is 1.13. The summed E-state index contributed by atoms with van der Waals surface area (Å²) >= 11 is 1.42. The second kappa shape index (κ2) is 9.87. The quantitative estimate of drug-likeness (QED) is 0.639. The van der Waals surface area contributed by atoms with Gasteiger partial charge in [0.25, 0.3) is 0 Å². The first-order valence-corrected chi connectivity index (χ1v) is 10.9. The number of benzene rings is 1. The summed E-state index contributed by atoms with van der Waals surface area (Å²) in [5, 5.41) is 0.904. The number of carbonyl (C=O) groups is 1. The third-order valence-electron chi connectivity index (χ3n) is 5.35. The lowest BCUT2D eigenvalue weighted by atomic mass is 10.1. The Balaban J connectivity index is 1.66. The Morgan fingerprint density at radius 3 is 2.86 bits per heavy atom. The van der Waals surface area contributed by atoms with Gasteiger partial charge >= 0.3 is 0 Å². The average molecular weight is 403 g/mol. The standard InChI is InChI=1S/C21H30N4O2S/c1-4-16(2)25(13-10-20(26)24-11-5-6-12-24)21-22-19(23-28-21)15-17-8-7-9-18(14-17)27-3/h7-9,14,16H,4-6,10-13,15H2,1-3H3/t16-/m0/s1. The molecule has 6 nitrogen and oxygen atoms in total. The van der Waals surface area contributed by atoms with Crippen molar-refractivity contribution in [3.8, 4) is 5.75 Å². The van der Waals surface area contributed by atoms with E-state index >= 15 is 0 Å². The number of carbonyl (C=O) groups excluding carboxylic acids is 1. The second-order valence-corrected chi connectivity index (χ2v) is 8.04. The fourth-order valence-corrected chi connectivity index (χ4v) is 4.28. The first-order chi connectivity index (χ1) is 13.6. The van der Waals surface area contributed by atoms with Crippen LogP contribution in [-0.2, 0) is 11.2 Å². The molecule has 0 N–H and O–H groups in total. The van der Waals surface area contributed by atoms with Gasteiger partial charge in [-0.1, -0.05) is 19.1 Å². The predicted octanol–water partition coefficient (Wildman–Crippen LogP) is 3.75. The molecule has 0 saturated carbocycles. The number of rotatable bonds is 9. The lowest BCUT2D eigenvalue weighted by molar-refractivity contribution is -0.129. The molecule has 152 valence electrons. The fourth-order valence-electron chi connectivity index (χ4n) is 3.46. The molecule has 1 aliphatic heterocycles. The van der Waals surface area contributed by atoms with E-state index in [0.717, 1.165) is 54.6 Å². The lowest BCUT2D eigenvalue weighted by Crippen LogP contribution is -2.37. The molecule has 1 aliphatic rings. The van der Waals surface area contributed by atoms with Crippen molar-refractivity contribution in [3.05, 3.63) is 35.7 Å². The largest absolute Gasteiger partial charge is 0.497 e. The highest BCUT2D eigenvalue weighted by Gasteiger charge is 2.22. The van der Waals surface area contributed by atoms with Gasteiger partial charge in [0, 0.05) is 50.1 Å². The van der Waals surface area contributed by atoms with E-state index in [1.165, 1.54) is 11.5 Å². The van der Waals surface area contributed by atoms with Crippen molar-refractivity contribution in [1.29, 1.82) is 0 Å². The molecule has 0 aliphatic carbocycles. The Hall–Kier alpha value is -2.15. The summed E-state index contributed by atoms with van der Waals surface area (Å²) in [5.74, 6) is 1.91. The Kier molecular flexibility index (Phi) is 7.25. The fraction of sp³-hybridized carbons (Fsp3) is 0.571. The minimum atomic E-state index is 0.256. The average Bonchev–Trinajstić information content (AvgIpc) is 3.40. The van der Waals surface area contributed by atoms with Crippen LogP contribution in [0.25, 0.3) is 0 Å². The molecule has 1 saturated heterocycles. The van der Waals surface area contributed by atoms with Gasteiger partial charge in [0.2, 0.25) is 11.0 Å². The van der Waals surface area contributed by atoms with E-state index < -0.39 is 0 Å². The zero-order valence-electron chi connectivity index (χ0n) is 17.1. The Labute approximate surface area is 171 Å². The summed E-state index contributed by atoms with van der Waals surface area (Å²) in [6, 6.07) is 8.32. The number of aromatic nitrogens is 2. The molecule has 0 radical (unpaired) electrons. The van der Waals surface area contributed by atoms with Gasteiger partial charge in [0.1, 0.15) is 11.6 Å². The molecule has 3 rings (SSSR count). The van der Waals surface area contributed by atoms with Gasteiger partial charge in [-0.25, -0.2) is 4.98 Å². The second-order valence-electron chi connectivity index (χ2n) is 7.31. The molecule has 7 heteroatoms. The SMILES string of the molecule is CC[C@H](C)N(CCC(=O)N1CCCC1)c1nc(Cc2cccc(OC)c2)ns1. The maximum atomic E-state index is 12.5. The summed E-state index contributed by atoms with van der Waals surface area (Å²) in [7, 11) is 1.67. The number of hydrogen-bond acceptors (Lipinski definition) is 6. The molecule has 1 fully saturated rings. The van der Waals surface area contributed by atoms with E-state index in [4.69, 9.17) is 9.72 Å². The minimum Gasteiger partial charge on any atom is -0.497 e. The first-order valence-electron chi connectivity index (χ1n) is 10.1. The normalized spacial score (nSPS) is 14.9. The van der Waals surface area contributed by atoms with Crippen molar-refractivity contribution in [2.24, 2.45) is 0 Å². The molecular formula is C21H30N4O2S. The summed E-state index contributed by atoms with van der Waals surface area (Å²) in [4.78, 5) is 21.5. The van der Waals surface area contributed by atoms with Crippen LogP contribution < -0.4 is 9.64 Å². The van der Waals surface area contributed by atoms with Gasteiger partial charge in [-0.05, 0) is 43.9 Å². The van der Waals surface area contributed by atoms with Crippen LogP contribution in [0.3, 0.4) is 0 Å². The number of hydrogen-bond donors (Lipinski definition) is 0. The number of methoxy groups -OCH3 is 1. The van der Waals surface area contributed by atoms with Crippen molar-refractivity contribution in [2.45, 2.75) is 52.0 Å². The van der Waals surface area contributed by atoms with Crippen LogP contribution in [0.15, 0.2) is 24.3 Å². The summed E-state index contributed by atoms with van der Waals surface area (Å²) in [6.07, 6.45) is 4.47. The predicted molar refractivity (Wildman–Crippen MR) is 113 cm³/mol. The monoisotopic (exact) mass is 402 g/mol. The number of ether oxygens (including phenoxy) is 1. The number of nitrogens with zero attached hydrogens (tertiary/aromatic N) is 4. The van der Waals surface area contributed by atoms with Gasteiger partial charge in [0.15, 0.2) is 0 Å². The third kappa shape index (κ3) is 5.22. The molecule has 1 aromatic carbocycles. The van der Waals surface area contributed by atoms with Crippen molar-refractivity contribution in [1.82, 2.24) is 14.3 Å². The van der Waals surface area contributed by atoms with Gasteiger partial charge in [-0.3, -0.25) is 4.79 Å². The first kappa shape index (κ1) is 20.6. The smallest absolute Gasteiger partial charge is 0.224 e. The van der Waals surface area contributed by atoms with Crippen LogP contribution in [0.5, 0.6) is 5.75 Å². The minimum absolute atomic E-state index is 0.256. The highest BCUT2D eigenvalue weighted by atomic mass is 32.1. The van der Waals surface area contributed by atoms with E-state index in [1.807, 2.05) is 23.1 Å². The number of anilines is 1. The van der Waals surface area contributed by atoms with E-state index in [1.54, 1.807) is 7.11 Å². The summed E-state index contributed by atoms with van der Waals surface area (Å²) in [6.45, 7) is 6.86. The molecule has 0 spiro atoms. The van der Waals surface area contributed by atoms with Gasteiger partial charge in [-0.15, -0.1) is 0 Å². The molecule has 0 unspecified atom stereocenters. The molecule has 2 heterocycles. The van der Waals surface area contributed by atoms with Crippen molar-refractivity contribution in [2.75, 3.05) is 31.6 Å². The number of amides is 1. The van der Waals surface area contributed by atoms with Crippen molar-refractivity contribution < 1.29 is 9.53 Å². The molecule has 1 aromatic heterocycles. The molecule has 1 atom stereocenters. The van der Waals surface area contributed by atoms with E-state index in [9.17, 15) is 4.79 Å². The van der Waals surface area contributed by atoms with Crippen LogP contribution in [-0.4, -0.2) is 53.0 Å². The molecule has 2 aromatic rings. The maximum Gasteiger partial charge on any atom is 0.224 e.